The number of likely N-dealkylation sites (tertiary alicyclic amines) is 1. The van der Waals surface area contributed by atoms with Crippen LogP contribution >= 0.6 is 0 Å². The molecule has 3 aliphatic rings. The smallest absolute Gasteiger partial charge is 0.312 e. The first-order valence-corrected chi connectivity index (χ1v) is 8.49. The van der Waals surface area contributed by atoms with Crippen LogP contribution in [0.25, 0.3) is 0 Å². The quantitative estimate of drug-likeness (QED) is 0.452. The summed E-state index contributed by atoms with van der Waals surface area (Å²) in [5.41, 5.74) is -0.692. The van der Waals surface area contributed by atoms with Crippen molar-refractivity contribution in [3.05, 3.63) is 36.3 Å². The molecule has 0 saturated carbocycles. The van der Waals surface area contributed by atoms with Crippen molar-refractivity contribution < 1.29 is 23.5 Å². The van der Waals surface area contributed by atoms with Gasteiger partial charge in [0, 0.05) is 0 Å². The average molecular weight is 331 g/mol. The van der Waals surface area contributed by atoms with Gasteiger partial charge in [0.2, 0.25) is 5.91 Å². The van der Waals surface area contributed by atoms with E-state index in [1.54, 1.807) is 17.2 Å². The zero-order valence-electron chi connectivity index (χ0n) is 13.6. The molecule has 4 atom stereocenters. The number of unbranched alkanes of at least 4 members (excludes halogenated alkanes) is 1. The summed E-state index contributed by atoms with van der Waals surface area (Å²) in [7, 11) is 0. The molecule has 1 aromatic rings. The molecule has 128 valence electrons. The molecule has 3 aliphatic heterocycles. The highest BCUT2D eigenvalue weighted by Gasteiger charge is 2.67. The number of esters is 1. The van der Waals surface area contributed by atoms with Crippen molar-refractivity contribution in [1.29, 1.82) is 0 Å². The van der Waals surface area contributed by atoms with E-state index in [0.29, 0.717) is 19.7 Å². The Balaban J connectivity index is 1.52. The molecule has 0 N–H and O–H groups in total. The Morgan fingerprint density at radius 1 is 1.50 bits per heavy atom. The van der Waals surface area contributed by atoms with Crippen molar-refractivity contribution in [3.8, 4) is 0 Å². The molecular weight excluding hydrogens is 310 g/mol. The Morgan fingerprint density at radius 3 is 3.12 bits per heavy atom. The number of hydrogen-bond donors (Lipinski definition) is 0. The Morgan fingerprint density at radius 2 is 2.38 bits per heavy atom. The van der Waals surface area contributed by atoms with E-state index in [9.17, 15) is 9.59 Å². The SMILES string of the molecule is CCCCOC(=O)[C@@H]1[C@@H]2C=C[C@@]3(CN(Cc4ccco4)C(=O)[C@H]13)O2. The molecule has 0 aromatic carbocycles. The molecule has 1 amide bonds. The van der Waals surface area contributed by atoms with Gasteiger partial charge in [-0.25, -0.2) is 0 Å². The molecule has 2 saturated heterocycles. The van der Waals surface area contributed by atoms with Crippen molar-refractivity contribution in [2.75, 3.05) is 13.2 Å². The summed E-state index contributed by atoms with van der Waals surface area (Å²) in [6.45, 7) is 3.28. The number of carbonyl (C=O) groups is 2. The van der Waals surface area contributed by atoms with E-state index >= 15 is 0 Å². The van der Waals surface area contributed by atoms with Crippen LogP contribution in [-0.4, -0.2) is 41.6 Å². The van der Waals surface area contributed by atoms with Crippen LogP contribution in [0.15, 0.2) is 35.0 Å². The van der Waals surface area contributed by atoms with E-state index in [1.807, 2.05) is 25.1 Å². The summed E-state index contributed by atoms with van der Waals surface area (Å²) < 4.78 is 16.7. The number of rotatable bonds is 6. The average Bonchev–Trinajstić information content (AvgIpc) is 3.31. The van der Waals surface area contributed by atoms with E-state index in [2.05, 4.69) is 0 Å². The minimum Gasteiger partial charge on any atom is -0.467 e. The van der Waals surface area contributed by atoms with E-state index in [4.69, 9.17) is 13.9 Å². The third-order valence-electron chi connectivity index (χ3n) is 5.12. The fourth-order valence-electron chi connectivity index (χ4n) is 3.99. The standard InChI is InChI=1S/C18H21NO5/c1-2-3-8-23-17(21)14-13-6-7-18(24-13)11-19(16(20)15(14)18)10-12-5-4-9-22-12/h4-7,9,13-15H,2-3,8,10-11H2,1H3/t13-,14+,15-,18-/m0/s1. The number of fused-ring (bicyclic) bond motifs is 1. The van der Waals surface area contributed by atoms with Gasteiger partial charge in [0.05, 0.1) is 38.0 Å². The highest BCUT2D eigenvalue weighted by Crippen LogP contribution is 2.52. The molecule has 2 fully saturated rings. The van der Waals surface area contributed by atoms with Gasteiger partial charge in [-0.3, -0.25) is 9.59 Å². The van der Waals surface area contributed by atoms with Crippen LogP contribution < -0.4 is 0 Å². The maximum absolute atomic E-state index is 12.9. The fraction of sp³-hybridized carbons (Fsp3) is 0.556. The van der Waals surface area contributed by atoms with E-state index in [1.165, 1.54) is 0 Å². The highest BCUT2D eigenvalue weighted by atomic mass is 16.6. The molecule has 4 rings (SSSR count). The number of nitrogens with zero attached hydrogens (tertiary/aromatic N) is 1. The van der Waals surface area contributed by atoms with Crippen LogP contribution in [0.1, 0.15) is 25.5 Å². The van der Waals surface area contributed by atoms with Gasteiger partial charge in [-0.1, -0.05) is 25.5 Å². The summed E-state index contributed by atoms with van der Waals surface area (Å²) in [6, 6.07) is 3.63. The summed E-state index contributed by atoms with van der Waals surface area (Å²) >= 11 is 0. The molecule has 1 spiro atoms. The van der Waals surface area contributed by atoms with Crippen LogP contribution in [0.2, 0.25) is 0 Å². The summed E-state index contributed by atoms with van der Waals surface area (Å²) in [5, 5.41) is 0. The van der Waals surface area contributed by atoms with Crippen molar-refractivity contribution in [3.63, 3.8) is 0 Å². The van der Waals surface area contributed by atoms with Crippen LogP contribution in [0.3, 0.4) is 0 Å². The maximum Gasteiger partial charge on any atom is 0.312 e. The van der Waals surface area contributed by atoms with Gasteiger partial charge >= 0.3 is 5.97 Å². The Kier molecular flexibility index (Phi) is 3.72. The summed E-state index contributed by atoms with van der Waals surface area (Å²) in [4.78, 5) is 27.1. The highest BCUT2D eigenvalue weighted by molar-refractivity contribution is 5.91. The molecule has 0 unspecified atom stereocenters. The zero-order valence-corrected chi connectivity index (χ0v) is 13.6. The van der Waals surface area contributed by atoms with Gasteiger partial charge in [-0.2, -0.15) is 0 Å². The predicted molar refractivity (Wildman–Crippen MR) is 83.7 cm³/mol. The number of carbonyl (C=O) groups excluding carboxylic acids is 2. The van der Waals surface area contributed by atoms with E-state index < -0.39 is 17.4 Å². The largest absolute Gasteiger partial charge is 0.467 e. The second-order valence-electron chi connectivity index (χ2n) is 6.69. The first-order chi connectivity index (χ1) is 11.6. The number of furan rings is 1. The number of hydrogen-bond acceptors (Lipinski definition) is 5. The first-order valence-electron chi connectivity index (χ1n) is 8.49. The Bertz CT molecular complexity index is 667. The molecule has 24 heavy (non-hydrogen) atoms. The third-order valence-corrected chi connectivity index (χ3v) is 5.12. The van der Waals surface area contributed by atoms with Crippen LogP contribution in [0.5, 0.6) is 0 Å². The Labute approximate surface area is 140 Å². The van der Waals surface area contributed by atoms with Gasteiger partial charge in [0.15, 0.2) is 0 Å². The lowest BCUT2D eigenvalue weighted by atomic mass is 9.77. The zero-order chi connectivity index (χ0) is 16.7. The molecule has 0 radical (unpaired) electrons. The molecule has 1 aromatic heterocycles. The van der Waals surface area contributed by atoms with Gasteiger partial charge in [0.25, 0.3) is 0 Å². The van der Waals surface area contributed by atoms with Crippen molar-refractivity contribution in [1.82, 2.24) is 4.90 Å². The van der Waals surface area contributed by atoms with Gasteiger partial charge in [-0.15, -0.1) is 0 Å². The second kappa shape index (κ2) is 5.77. The summed E-state index contributed by atoms with van der Waals surface area (Å²) in [5.74, 6) is -0.688. The lowest BCUT2D eigenvalue weighted by Crippen LogP contribution is -2.40. The lowest BCUT2D eigenvalue weighted by Gasteiger charge is -2.22. The minimum atomic E-state index is -0.692. The number of amides is 1. The monoisotopic (exact) mass is 331 g/mol. The predicted octanol–water partition coefficient (Wildman–Crippen LogP) is 1.90. The van der Waals surface area contributed by atoms with Crippen molar-refractivity contribution in [2.45, 2.75) is 38.0 Å². The van der Waals surface area contributed by atoms with Gasteiger partial charge in [-0.05, 0) is 18.6 Å². The Hall–Kier alpha value is -2.08. The fourth-order valence-corrected chi connectivity index (χ4v) is 3.99. The van der Waals surface area contributed by atoms with Crippen LogP contribution in [0.4, 0.5) is 0 Å². The molecule has 2 bridgehead atoms. The normalized spacial score (nSPS) is 33.3. The minimum absolute atomic E-state index is 0.0595. The van der Waals surface area contributed by atoms with Crippen LogP contribution in [-0.2, 0) is 25.6 Å². The van der Waals surface area contributed by atoms with Gasteiger partial charge in [0.1, 0.15) is 17.3 Å². The van der Waals surface area contributed by atoms with E-state index in [-0.39, 0.29) is 18.0 Å². The van der Waals surface area contributed by atoms with Gasteiger partial charge < -0.3 is 18.8 Å². The maximum atomic E-state index is 12.9. The first kappa shape index (κ1) is 15.4. The third kappa shape index (κ3) is 2.28. The lowest BCUT2D eigenvalue weighted by molar-refractivity contribution is -0.154. The molecule has 6 heteroatoms. The van der Waals surface area contributed by atoms with Crippen LogP contribution in [0, 0.1) is 11.8 Å². The second-order valence-corrected chi connectivity index (χ2v) is 6.69. The molecule has 6 nitrogen and oxygen atoms in total. The van der Waals surface area contributed by atoms with Crippen molar-refractivity contribution in [2.24, 2.45) is 11.8 Å². The molecular formula is C18H21NO5. The number of ether oxygens (including phenoxy) is 2. The topological polar surface area (TPSA) is 69.0 Å². The molecule has 0 aliphatic carbocycles. The van der Waals surface area contributed by atoms with Crippen molar-refractivity contribution >= 4 is 11.9 Å². The molecule has 4 heterocycles. The summed E-state index contributed by atoms with van der Waals surface area (Å²) in [6.07, 6.45) is 6.86. The van der Waals surface area contributed by atoms with E-state index in [0.717, 1.165) is 18.6 Å².